The molecule has 1 heterocycles. The number of H-pyrrole nitrogens is 1. The van der Waals surface area contributed by atoms with Gasteiger partial charge in [0, 0.05) is 0 Å². The van der Waals surface area contributed by atoms with Crippen LogP contribution in [0.3, 0.4) is 0 Å². The molecule has 0 amide bonds. The fourth-order valence-electron chi connectivity index (χ4n) is 2.59. The monoisotopic (exact) mass is 424 g/mol. The van der Waals surface area contributed by atoms with Crippen LogP contribution in [0.25, 0.3) is 0 Å². The zero-order chi connectivity index (χ0) is 20.2. The molecule has 0 bridgehead atoms. The van der Waals surface area contributed by atoms with Gasteiger partial charge in [-0.2, -0.15) is 10.2 Å². The number of hydrogen-bond acceptors (Lipinski definition) is 5. The molecule has 0 saturated carbocycles. The normalized spacial score (nSPS) is 11.1. The summed E-state index contributed by atoms with van der Waals surface area (Å²) in [5.41, 5.74) is 3.31. The van der Waals surface area contributed by atoms with Crippen LogP contribution < -0.4 is 15.7 Å². The van der Waals surface area contributed by atoms with E-state index in [2.05, 4.69) is 27.6 Å². The topological polar surface area (TPSA) is 79.4 Å². The average Bonchev–Trinajstić information content (AvgIpc) is 2.68. The number of hydrogen-bond donors (Lipinski definition) is 2. The zero-order valence-corrected chi connectivity index (χ0v) is 17.5. The molecular formula is C20H26Cl2N4O2. The third-order valence-electron chi connectivity index (χ3n) is 4.16. The summed E-state index contributed by atoms with van der Waals surface area (Å²) in [7, 11) is 0. The highest BCUT2D eigenvalue weighted by molar-refractivity contribution is 6.33. The van der Waals surface area contributed by atoms with E-state index in [4.69, 9.17) is 27.9 Å². The van der Waals surface area contributed by atoms with Crippen molar-refractivity contribution in [2.24, 2.45) is 5.10 Å². The van der Waals surface area contributed by atoms with Crippen molar-refractivity contribution in [3.05, 3.63) is 50.4 Å². The molecule has 2 aromatic rings. The van der Waals surface area contributed by atoms with Gasteiger partial charge in [-0.3, -0.25) is 10.2 Å². The quantitative estimate of drug-likeness (QED) is 0.262. The van der Waals surface area contributed by atoms with Gasteiger partial charge in [0.15, 0.2) is 0 Å². The number of ether oxygens (including phenoxy) is 1. The Morgan fingerprint density at radius 3 is 2.68 bits per heavy atom. The first-order valence-electron chi connectivity index (χ1n) is 9.56. The van der Waals surface area contributed by atoms with Crippen molar-refractivity contribution in [1.82, 2.24) is 10.2 Å². The molecule has 0 spiro atoms. The lowest BCUT2D eigenvalue weighted by molar-refractivity contribution is 0.304. The van der Waals surface area contributed by atoms with Gasteiger partial charge < -0.3 is 4.74 Å². The number of nitrogens with one attached hydrogen (secondary N) is 2. The molecular weight excluding hydrogens is 399 g/mol. The van der Waals surface area contributed by atoms with Crippen molar-refractivity contribution in [2.75, 3.05) is 12.0 Å². The fourth-order valence-corrected chi connectivity index (χ4v) is 2.97. The highest BCUT2D eigenvalue weighted by Gasteiger charge is 2.04. The van der Waals surface area contributed by atoms with Crippen molar-refractivity contribution in [3.8, 4) is 5.75 Å². The van der Waals surface area contributed by atoms with E-state index in [1.54, 1.807) is 12.3 Å². The SMILES string of the molecule is CCCCCCCCCOc1ccc(/C=N\Nc2cn[nH]c(=O)c2Cl)cc1Cl. The fraction of sp³-hybridized carbons (Fsp3) is 0.450. The number of aromatic nitrogens is 2. The van der Waals surface area contributed by atoms with Crippen molar-refractivity contribution in [1.29, 1.82) is 0 Å². The molecule has 2 rings (SSSR count). The van der Waals surface area contributed by atoms with Gasteiger partial charge in [-0.25, -0.2) is 5.10 Å². The van der Waals surface area contributed by atoms with E-state index in [0.29, 0.717) is 23.1 Å². The Bertz CT molecular complexity index is 824. The maximum absolute atomic E-state index is 11.4. The van der Waals surface area contributed by atoms with E-state index in [1.165, 1.54) is 44.7 Å². The summed E-state index contributed by atoms with van der Waals surface area (Å²) in [6.45, 7) is 2.89. The molecule has 0 radical (unpaired) electrons. The summed E-state index contributed by atoms with van der Waals surface area (Å²) in [5, 5.41) is 10.5. The van der Waals surface area contributed by atoms with Crippen LogP contribution in [0, 0.1) is 0 Å². The molecule has 6 nitrogen and oxygen atoms in total. The first kappa shape index (κ1) is 22.2. The lowest BCUT2D eigenvalue weighted by atomic mass is 10.1. The van der Waals surface area contributed by atoms with E-state index in [0.717, 1.165) is 12.0 Å². The van der Waals surface area contributed by atoms with E-state index < -0.39 is 5.56 Å². The Balaban J connectivity index is 1.77. The van der Waals surface area contributed by atoms with Crippen LogP contribution in [0.1, 0.15) is 57.4 Å². The number of aromatic amines is 1. The Hall–Kier alpha value is -2.05. The van der Waals surface area contributed by atoms with Crippen LogP contribution in [0.2, 0.25) is 10.0 Å². The zero-order valence-electron chi connectivity index (χ0n) is 16.0. The predicted molar refractivity (Wildman–Crippen MR) is 116 cm³/mol. The van der Waals surface area contributed by atoms with Gasteiger partial charge in [0.25, 0.3) is 5.56 Å². The third-order valence-corrected chi connectivity index (χ3v) is 4.83. The Labute approximate surface area is 175 Å². The molecule has 152 valence electrons. The molecule has 0 aliphatic rings. The summed E-state index contributed by atoms with van der Waals surface area (Å²) in [6.07, 6.45) is 11.6. The lowest BCUT2D eigenvalue weighted by Crippen LogP contribution is -2.10. The van der Waals surface area contributed by atoms with E-state index in [-0.39, 0.29) is 5.02 Å². The molecule has 8 heteroatoms. The second-order valence-corrected chi connectivity index (χ2v) is 7.24. The van der Waals surface area contributed by atoms with E-state index >= 15 is 0 Å². The van der Waals surface area contributed by atoms with Crippen LogP contribution in [-0.2, 0) is 0 Å². The minimum absolute atomic E-state index is 0.000654. The molecule has 0 aliphatic heterocycles. The van der Waals surface area contributed by atoms with Crippen molar-refractivity contribution in [3.63, 3.8) is 0 Å². The number of unbranched alkanes of at least 4 members (excludes halogenated alkanes) is 6. The van der Waals surface area contributed by atoms with Crippen molar-refractivity contribution in [2.45, 2.75) is 51.9 Å². The molecule has 2 N–H and O–H groups in total. The van der Waals surface area contributed by atoms with Gasteiger partial charge in [-0.05, 0) is 30.2 Å². The molecule has 0 aliphatic carbocycles. The maximum atomic E-state index is 11.4. The predicted octanol–water partition coefficient (Wildman–Crippen LogP) is 5.65. The minimum Gasteiger partial charge on any atom is -0.492 e. The van der Waals surface area contributed by atoms with Gasteiger partial charge in [-0.15, -0.1) is 0 Å². The highest BCUT2D eigenvalue weighted by atomic mass is 35.5. The van der Waals surface area contributed by atoms with Gasteiger partial charge in [0.1, 0.15) is 16.5 Å². The number of nitrogens with zero attached hydrogens (tertiary/aromatic N) is 2. The Kier molecular flexibility index (Phi) is 9.86. The summed E-state index contributed by atoms with van der Waals surface area (Å²) in [4.78, 5) is 11.4. The second-order valence-electron chi connectivity index (χ2n) is 6.46. The highest BCUT2D eigenvalue weighted by Crippen LogP contribution is 2.25. The van der Waals surface area contributed by atoms with Gasteiger partial charge >= 0.3 is 0 Å². The maximum Gasteiger partial charge on any atom is 0.285 e. The second kappa shape index (κ2) is 12.4. The smallest absolute Gasteiger partial charge is 0.285 e. The van der Waals surface area contributed by atoms with E-state index in [9.17, 15) is 4.79 Å². The molecule has 0 atom stereocenters. The number of rotatable bonds is 12. The molecule has 1 aromatic carbocycles. The van der Waals surface area contributed by atoms with Gasteiger partial charge in [0.05, 0.1) is 24.0 Å². The van der Waals surface area contributed by atoms with Crippen LogP contribution in [0.5, 0.6) is 5.75 Å². The Morgan fingerprint density at radius 1 is 1.18 bits per heavy atom. The molecule has 28 heavy (non-hydrogen) atoms. The van der Waals surface area contributed by atoms with Crippen LogP contribution in [-0.4, -0.2) is 23.0 Å². The first-order valence-corrected chi connectivity index (χ1v) is 10.3. The summed E-state index contributed by atoms with van der Waals surface area (Å²) < 4.78 is 5.77. The number of anilines is 1. The van der Waals surface area contributed by atoms with Crippen LogP contribution >= 0.6 is 23.2 Å². The first-order chi connectivity index (χ1) is 13.6. The van der Waals surface area contributed by atoms with Crippen molar-refractivity contribution < 1.29 is 4.74 Å². The lowest BCUT2D eigenvalue weighted by Gasteiger charge is -2.08. The molecule has 1 aromatic heterocycles. The molecule has 0 fully saturated rings. The molecule has 0 unspecified atom stereocenters. The molecule has 0 saturated heterocycles. The number of halogens is 2. The van der Waals surface area contributed by atoms with Crippen LogP contribution in [0.15, 0.2) is 34.3 Å². The van der Waals surface area contributed by atoms with E-state index in [1.807, 2.05) is 12.1 Å². The standard InChI is InChI=1S/C20H26Cl2N4O2/c1-2-3-4-5-6-7-8-11-28-18-10-9-15(12-16(18)21)13-23-25-17-14-24-26-20(27)19(17)22/h9-10,12-14H,2-8,11H2,1H3,(H2,25,26,27)/b23-13-. The largest absolute Gasteiger partial charge is 0.492 e. The summed E-state index contributed by atoms with van der Waals surface area (Å²) in [5.74, 6) is 0.666. The number of benzene rings is 1. The van der Waals surface area contributed by atoms with Crippen LogP contribution in [0.4, 0.5) is 5.69 Å². The number of hydrazone groups is 1. The average molecular weight is 425 g/mol. The Morgan fingerprint density at radius 2 is 1.93 bits per heavy atom. The third kappa shape index (κ3) is 7.52. The summed E-state index contributed by atoms with van der Waals surface area (Å²) in [6, 6.07) is 5.45. The van der Waals surface area contributed by atoms with Crippen molar-refractivity contribution >= 4 is 35.1 Å². The van der Waals surface area contributed by atoms with Gasteiger partial charge in [0.2, 0.25) is 0 Å². The van der Waals surface area contributed by atoms with Gasteiger partial charge in [-0.1, -0.05) is 68.7 Å². The minimum atomic E-state index is -0.479. The summed E-state index contributed by atoms with van der Waals surface area (Å²) >= 11 is 12.2.